The Morgan fingerprint density at radius 3 is 2.69 bits per heavy atom. The smallest absolute Gasteiger partial charge is 0.313 e. The number of carbonyl (C=O) groups excluding carboxylic acids is 2. The van der Waals surface area contributed by atoms with E-state index in [2.05, 4.69) is 10.6 Å². The molecule has 0 saturated heterocycles. The molecular weight excluding hydrogens is 332 g/mol. The van der Waals surface area contributed by atoms with Gasteiger partial charge in [0.05, 0.1) is 6.61 Å². The Hall–Kier alpha value is -3.02. The Balaban J connectivity index is 1.66. The molecule has 1 atom stereocenters. The first kappa shape index (κ1) is 17.8. The molecule has 0 saturated carbocycles. The molecule has 0 aliphatic carbocycles. The van der Waals surface area contributed by atoms with Gasteiger partial charge in [-0.1, -0.05) is 18.2 Å². The number of benzene rings is 2. The van der Waals surface area contributed by atoms with Gasteiger partial charge in [-0.15, -0.1) is 0 Å². The van der Waals surface area contributed by atoms with Crippen LogP contribution in [-0.2, 0) is 22.6 Å². The average Bonchev–Trinajstić information content (AvgIpc) is 2.99. The molecule has 0 radical (unpaired) electrons. The van der Waals surface area contributed by atoms with E-state index in [1.165, 1.54) is 0 Å². The predicted molar refractivity (Wildman–Crippen MR) is 98.3 cm³/mol. The van der Waals surface area contributed by atoms with Crippen molar-refractivity contribution < 1.29 is 19.1 Å². The van der Waals surface area contributed by atoms with Crippen LogP contribution in [0.25, 0.3) is 0 Å². The van der Waals surface area contributed by atoms with Gasteiger partial charge < -0.3 is 20.1 Å². The van der Waals surface area contributed by atoms with E-state index in [0.717, 1.165) is 23.3 Å². The van der Waals surface area contributed by atoms with Crippen molar-refractivity contribution in [2.24, 2.45) is 0 Å². The SMILES string of the molecule is CCOc1cc2c(cc1CNC(=O)C(=O)Nc1ccccc1)OC(C)C2. The zero-order valence-corrected chi connectivity index (χ0v) is 14.9. The molecule has 1 aliphatic heterocycles. The summed E-state index contributed by atoms with van der Waals surface area (Å²) in [6.07, 6.45) is 0.961. The minimum absolute atomic E-state index is 0.126. The summed E-state index contributed by atoms with van der Waals surface area (Å²) >= 11 is 0. The molecule has 1 unspecified atom stereocenters. The lowest BCUT2D eigenvalue weighted by atomic mass is 10.1. The van der Waals surface area contributed by atoms with E-state index >= 15 is 0 Å². The fourth-order valence-corrected chi connectivity index (χ4v) is 2.87. The molecule has 0 bridgehead atoms. The molecule has 2 aromatic carbocycles. The zero-order valence-electron chi connectivity index (χ0n) is 14.9. The van der Waals surface area contributed by atoms with E-state index in [-0.39, 0.29) is 12.6 Å². The number of nitrogens with one attached hydrogen (secondary N) is 2. The van der Waals surface area contributed by atoms with E-state index in [4.69, 9.17) is 9.47 Å². The van der Waals surface area contributed by atoms with Crippen LogP contribution in [0.15, 0.2) is 42.5 Å². The van der Waals surface area contributed by atoms with E-state index in [9.17, 15) is 9.59 Å². The fraction of sp³-hybridized carbons (Fsp3) is 0.300. The van der Waals surface area contributed by atoms with E-state index in [1.54, 1.807) is 24.3 Å². The van der Waals surface area contributed by atoms with Crippen molar-refractivity contribution in [2.75, 3.05) is 11.9 Å². The van der Waals surface area contributed by atoms with Gasteiger partial charge in [0.1, 0.15) is 17.6 Å². The van der Waals surface area contributed by atoms with Crippen LogP contribution in [0, 0.1) is 0 Å². The molecule has 2 amide bonds. The van der Waals surface area contributed by atoms with Gasteiger partial charge in [-0.05, 0) is 38.1 Å². The van der Waals surface area contributed by atoms with Crippen LogP contribution >= 0.6 is 0 Å². The van der Waals surface area contributed by atoms with E-state index in [1.807, 2.05) is 32.0 Å². The Kier molecular flexibility index (Phi) is 5.41. The maximum atomic E-state index is 12.1. The van der Waals surface area contributed by atoms with Crippen LogP contribution in [0.4, 0.5) is 5.69 Å². The lowest BCUT2D eigenvalue weighted by Crippen LogP contribution is -2.35. The fourth-order valence-electron chi connectivity index (χ4n) is 2.87. The highest BCUT2D eigenvalue weighted by Crippen LogP contribution is 2.35. The molecule has 6 heteroatoms. The summed E-state index contributed by atoms with van der Waals surface area (Å²) in [5, 5.41) is 5.19. The normalized spacial score (nSPS) is 14.9. The number of fused-ring (bicyclic) bond motifs is 1. The quantitative estimate of drug-likeness (QED) is 0.810. The highest BCUT2D eigenvalue weighted by atomic mass is 16.5. The molecule has 0 spiro atoms. The number of anilines is 1. The number of amides is 2. The second-order valence-electron chi connectivity index (χ2n) is 6.14. The van der Waals surface area contributed by atoms with Gasteiger partial charge in [-0.25, -0.2) is 0 Å². The summed E-state index contributed by atoms with van der Waals surface area (Å²) in [5.41, 5.74) is 2.45. The Labute approximate surface area is 152 Å². The third-order valence-electron chi connectivity index (χ3n) is 4.06. The lowest BCUT2D eigenvalue weighted by Gasteiger charge is -2.13. The van der Waals surface area contributed by atoms with Crippen molar-refractivity contribution in [3.8, 4) is 11.5 Å². The number of para-hydroxylation sites is 1. The van der Waals surface area contributed by atoms with Crippen LogP contribution in [0.2, 0.25) is 0 Å². The van der Waals surface area contributed by atoms with Crippen LogP contribution in [-0.4, -0.2) is 24.5 Å². The molecular formula is C20H22N2O4. The first-order valence-corrected chi connectivity index (χ1v) is 8.66. The molecule has 3 rings (SSSR count). The third-order valence-corrected chi connectivity index (χ3v) is 4.06. The van der Waals surface area contributed by atoms with Gasteiger partial charge in [0.2, 0.25) is 0 Å². The number of hydrogen-bond donors (Lipinski definition) is 2. The standard InChI is InChI=1S/C20H22N2O4/c1-3-25-17-10-14-9-13(2)26-18(14)11-15(17)12-21-19(23)20(24)22-16-7-5-4-6-8-16/h4-8,10-11,13H,3,9,12H2,1-2H3,(H,21,23)(H,22,24). The van der Waals surface area contributed by atoms with Crippen molar-refractivity contribution in [1.82, 2.24) is 5.32 Å². The van der Waals surface area contributed by atoms with Gasteiger partial charge in [0.15, 0.2) is 0 Å². The van der Waals surface area contributed by atoms with Crippen molar-refractivity contribution in [3.05, 3.63) is 53.6 Å². The van der Waals surface area contributed by atoms with Gasteiger partial charge in [0, 0.05) is 29.8 Å². The first-order chi connectivity index (χ1) is 12.6. The van der Waals surface area contributed by atoms with Crippen LogP contribution in [0.5, 0.6) is 11.5 Å². The van der Waals surface area contributed by atoms with Crippen LogP contribution in [0.1, 0.15) is 25.0 Å². The molecule has 2 aromatic rings. The Morgan fingerprint density at radius 1 is 1.19 bits per heavy atom. The highest BCUT2D eigenvalue weighted by molar-refractivity contribution is 6.39. The number of ether oxygens (including phenoxy) is 2. The predicted octanol–water partition coefficient (Wildman–Crippen LogP) is 2.66. The van der Waals surface area contributed by atoms with Crippen molar-refractivity contribution in [2.45, 2.75) is 32.9 Å². The minimum atomic E-state index is -0.708. The van der Waals surface area contributed by atoms with E-state index < -0.39 is 11.8 Å². The van der Waals surface area contributed by atoms with Crippen molar-refractivity contribution >= 4 is 17.5 Å². The maximum absolute atomic E-state index is 12.1. The van der Waals surface area contributed by atoms with Crippen molar-refractivity contribution in [1.29, 1.82) is 0 Å². The van der Waals surface area contributed by atoms with Gasteiger partial charge in [0.25, 0.3) is 0 Å². The third kappa shape index (κ3) is 4.14. The maximum Gasteiger partial charge on any atom is 0.313 e. The lowest BCUT2D eigenvalue weighted by molar-refractivity contribution is -0.136. The molecule has 2 N–H and O–H groups in total. The Bertz CT molecular complexity index is 805. The average molecular weight is 354 g/mol. The van der Waals surface area contributed by atoms with E-state index in [0.29, 0.717) is 18.0 Å². The summed E-state index contributed by atoms with van der Waals surface area (Å²) in [6.45, 7) is 4.61. The highest BCUT2D eigenvalue weighted by Gasteiger charge is 2.22. The number of carbonyl (C=O) groups is 2. The summed E-state index contributed by atoms with van der Waals surface area (Å²) in [5.74, 6) is 0.0953. The summed E-state index contributed by atoms with van der Waals surface area (Å²) in [4.78, 5) is 24.1. The minimum Gasteiger partial charge on any atom is -0.494 e. The zero-order chi connectivity index (χ0) is 18.5. The largest absolute Gasteiger partial charge is 0.494 e. The van der Waals surface area contributed by atoms with Gasteiger partial charge in [-0.3, -0.25) is 9.59 Å². The summed E-state index contributed by atoms with van der Waals surface area (Å²) in [6, 6.07) is 12.7. The molecule has 1 heterocycles. The second kappa shape index (κ2) is 7.91. The molecule has 1 aliphatic rings. The molecule has 6 nitrogen and oxygen atoms in total. The molecule has 0 aromatic heterocycles. The molecule has 136 valence electrons. The second-order valence-corrected chi connectivity index (χ2v) is 6.14. The number of hydrogen-bond acceptors (Lipinski definition) is 4. The van der Waals surface area contributed by atoms with Crippen molar-refractivity contribution in [3.63, 3.8) is 0 Å². The van der Waals surface area contributed by atoms with Crippen LogP contribution < -0.4 is 20.1 Å². The van der Waals surface area contributed by atoms with Gasteiger partial charge in [-0.2, -0.15) is 0 Å². The first-order valence-electron chi connectivity index (χ1n) is 8.66. The number of rotatable bonds is 5. The topological polar surface area (TPSA) is 76.7 Å². The van der Waals surface area contributed by atoms with Crippen LogP contribution in [0.3, 0.4) is 0 Å². The molecule has 0 fully saturated rings. The summed E-state index contributed by atoms with van der Waals surface area (Å²) in [7, 11) is 0. The molecule has 26 heavy (non-hydrogen) atoms. The Morgan fingerprint density at radius 2 is 1.96 bits per heavy atom. The van der Waals surface area contributed by atoms with Gasteiger partial charge >= 0.3 is 11.8 Å². The monoisotopic (exact) mass is 354 g/mol. The summed E-state index contributed by atoms with van der Waals surface area (Å²) < 4.78 is 11.4.